The van der Waals surface area contributed by atoms with E-state index in [1.165, 1.54) is 16.9 Å². The van der Waals surface area contributed by atoms with Gasteiger partial charge in [0, 0.05) is 52.4 Å². The van der Waals surface area contributed by atoms with Crippen LogP contribution in [0.4, 0.5) is 9.59 Å². The van der Waals surface area contributed by atoms with Crippen molar-refractivity contribution in [1.82, 2.24) is 19.6 Å². The Morgan fingerprint density at radius 3 is 1.39 bits per heavy atom. The second kappa shape index (κ2) is 20.2. The molecule has 0 unspecified atom stereocenters. The maximum Gasteiger partial charge on any atom is 0.410 e. The number of amides is 4. The third kappa shape index (κ3) is 14.2. The molecule has 2 heterocycles. The first-order chi connectivity index (χ1) is 24.3. The molecule has 2 fully saturated rings. The molecule has 2 aromatic carbocycles. The Labute approximate surface area is 298 Å². The van der Waals surface area contributed by atoms with Gasteiger partial charge in [-0.2, -0.15) is 0 Å². The largest absolute Gasteiger partial charge is 0.469 e. The fourth-order valence-electron chi connectivity index (χ4n) is 5.20. The van der Waals surface area contributed by atoms with Gasteiger partial charge >= 0.3 is 18.2 Å². The number of hydrogen-bond acceptors (Lipinski definition) is 11. The summed E-state index contributed by atoms with van der Waals surface area (Å²) >= 11 is 0. The average molecular weight is 715 g/mol. The molecule has 51 heavy (non-hydrogen) atoms. The van der Waals surface area contributed by atoms with E-state index in [2.05, 4.69) is 4.74 Å². The van der Waals surface area contributed by atoms with Gasteiger partial charge < -0.3 is 49.1 Å². The molecule has 0 aliphatic carbocycles. The number of piperazine rings is 2. The first-order valence-electron chi connectivity index (χ1n) is 16.9. The molecule has 15 heteroatoms. The highest BCUT2D eigenvalue weighted by atomic mass is 16.6. The van der Waals surface area contributed by atoms with Gasteiger partial charge in [0.15, 0.2) is 0 Å². The number of rotatable bonds is 11. The van der Waals surface area contributed by atoms with Crippen LogP contribution in [0.2, 0.25) is 0 Å². The van der Waals surface area contributed by atoms with Crippen LogP contribution < -0.4 is 0 Å². The monoisotopic (exact) mass is 714 g/mol. The second-order valence-electron chi connectivity index (χ2n) is 12.9. The Hall–Kier alpha value is -4.73. The Morgan fingerprint density at radius 2 is 1.02 bits per heavy atom. The molecule has 0 saturated carbocycles. The van der Waals surface area contributed by atoms with Crippen LogP contribution in [0.3, 0.4) is 0 Å². The molecule has 280 valence electrons. The lowest BCUT2D eigenvalue weighted by Crippen LogP contribution is -2.53. The number of methoxy groups -OCH3 is 1. The molecule has 0 bridgehead atoms. The van der Waals surface area contributed by atoms with Crippen LogP contribution in [0, 0.1) is 0 Å². The van der Waals surface area contributed by atoms with E-state index in [-0.39, 0.29) is 45.1 Å². The number of carbonyl (C=O) groups excluding carboxylic acids is 5. The topological polar surface area (TPSA) is 187 Å². The summed E-state index contributed by atoms with van der Waals surface area (Å²) in [4.78, 5) is 65.7. The summed E-state index contributed by atoms with van der Waals surface area (Å²) in [6.07, 6.45) is -3.22. The first kappa shape index (κ1) is 40.7. The Morgan fingerprint density at radius 1 is 0.647 bits per heavy atom. The summed E-state index contributed by atoms with van der Waals surface area (Å²) in [5, 5.41) is 29.5. The summed E-state index contributed by atoms with van der Waals surface area (Å²) in [7, 11) is 1.19. The molecule has 0 aromatic heterocycles. The van der Waals surface area contributed by atoms with E-state index in [0.29, 0.717) is 45.7 Å². The van der Waals surface area contributed by atoms with Crippen LogP contribution in [0.15, 0.2) is 60.7 Å². The summed E-state index contributed by atoms with van der Waals surface area (Å²) in [6.45, 7) is 6.33. The molecule has 2 aromatic rings. The number of aliphatic hydroxyl groups is 3. The van der Waals surface area contributed by atoms with Crippen LogP contribution in [-0.4, -0.2) is 142 Å². The van der Waals surface area contributed by atoms with Gasteiger partial charge in [0.05, 0.1) is 19.1 Å². The normalized spacial score (nSPS) is 15.9. The molecule has 15 nitrogen and oxygen atoms in total. The van der Waals surface area contributed by atoms with Crippen molar-refractivity contribution in [2.24, 2.45) is 0 Å². The van der Waals surface area contributed by atoms with E-state index in [1.807, 2.05) is 60.7 Å². The molecule has 0 radical (unpaired) electrons. The van der Waals surface area contributed by atoms with Crippen LogP contribution in [0.1, 0.15) is 44.2 Å². The minimum Gasteiger partial charge on any atom is -0.469 e. The van der Waals surface area contributed by atoms with Crippen molar-refractivity contribution in [3.05, 3.63) is 71.8 Å². The number of ether oxygens (including phenoxy) is 3. The molecule has 0 spiro atoms. The van der Waals surface area contributed by atoms with Gasteiger partial charge in [0.2, 0.25) is 0 Å². The highest BCUT2D eigenvalue weighted by Gasteiger charge is 2.31. The summed E-state index contributed by atoms with van der Waals surface area (Å²) in [5.74, 6) is -1.54. The third-order valence-corrected chi connectivity index (χ3v) is 8.30. The van der Waals surface area contributed by atoms with Gasteiger partial charge in [-0.25, -0.2) is 9.59 Å². The SMILES string of the molecule is CC(C)(O)CC[C@@H](O)C(=O)N1CCN(C(=O)OCc2ccccc2)CC1.COC(=O)C[C@@H](O)C(=O)N1CCN(C(=O)OCc2ccccc2)CC1. The predicted molar refractivity (Wildman–Crippen MR) is 184 cm³/mol. The van der Waals surface area contributed by atoms with Crippen LogP contribution in [-0.2, 0) is 41.8 Å². The second-order valence-corrected chi connectivity index (χ2v) is 12.9. The van der Waals surface area contributed by atoms with Gasteiger partial charge in [-0.3, -0.25) is 14.4 Å². The van der Waals surface area contributed by atoms with Gasteiger partial charge in [0.25, 0.3) is 11.8 Å². The first-order valence-corrected chi connectivity index (χ1v) is 16.9. The highest BCUT2D eigenvalue weighted by Crippen LogP contribution is 2.15. The van der Waals surface area contributed by atoms with Gasteiger partial charge in [-0.1, -0.05) is 60.7 Å². The van der Waals surface area contributed by atoms with E-state index in [0.717, 1.165) is 11.1 Å². The number of aliphatic hydroxyl groups excluding tert-OH is 2. The Balaban J connectivity index is 0.000000276. The van der Waals surface area contributed by atoms with Gasteiger partial charge in [0.1, 0.15) is 25.4 Å². The minimum absolute atomic E-state index is 0.191. The number of carbonyl (C=O) groups is 5. The van der Waals surface area contributed by atoms with E-state index >= 15 is 0 Å². The smallest absolute Gasteiger partial charge is 0.410 e. The van der Waals surface area contributed by atoms with Crippen molar-refractivity contribution in [3.63, 3.8) is 0 Å². The average Bonchev–Trinajstić information content (AvgIpc) is 3.15. The molecule has 2 aliphatic heterocycles. The zero-order chi connectivity index (χ0) is 37.4. The Bertz CT molecular complexity index is 1410. The molecule has 4 amide bonds. The maximum atomic E-state index is 12.3. The molecular weight excluding hydrogens is 664 g/mol. The van der Waals surface area contributed by atoms with Crippen molar-refractivity contribution < 1.29 is 53.5 Å². The van der Waals surface area contributed by atoms with Crippen molar-refractivity contribution in [1.29, 1.82) is 0 Å². The van der Waals surface area contributed by atoms with Crippen LogP contribution >= 0.6 is 0 Å². The molecular formula is C36H50N4O11. The van der Waals surface area contributed by atoms with Gasteiger partial charge in [-0.15, -0.1) is 0 Å². The number of benzene rings is 2. The lowest BCUT2D eigenvalue weighted by molar-refractivity contribution is -0.151. The minimum atomic E-state index is -1.43. The summed E-state index contributed by atoms with van der Waals surface area (Å²) < 4.78 is 15.0. The van der Waals surface area contributed by atoms with Crippen LogP contribution in [0.25, 0.3) is 0 Å². The third-order valence-electron chi connectivity index (χ3n) is 8.30. The van der Waals surface area contributed by atoms with Crippen molar-refractivity contribution in [3.8, 4) is 0 Å². The lowest BCUT2D eigenvalue weighted by Gasteiger charge is -2.35. The van der Waals surface area contributed by atoms with Crippen molar-refractivity contribution in [2.75, 3.05) is 59.5 Å². The summed E-state index contributed by atoms with van der Waals surface area (Å²) in [5.41, 5.74) is 0.905. The number of esters is 1. The molecule has 2 saturated heterocycles. The molecule has 4 rings (SSSR count). The fraction of sp³-hybridized carbons (Fsp3) is 0.528. The zero-order valence-electron chi connectivity index (χ0n) is 29.5. The predicted octanol–water partition coefficient (Wildman–Crippen LogP) is 1.77. The number of hydrogen-bond donors (Lipinski definition) is 3. The van der Waals surface area contributed by atoms with E-state index in [4.69, 9.17) is 9.47 Å². The number of nitrogens with zero attached hydrogens (tertiary/aromatic N) is 4. The fourth-order valence-corrected chi connectivity index (χ4v) is 5.20. The van der Waals surface area contributed by atoms with Gasteiger partial charge in [-0.05, 0) is 37.8 Å². The quantitative estimate of drug-likeness (QED) is 0.228. The molecule has 3 N–H and O–H groups in total. The maximum absolute atomic E-state index is 12.3. The van der Waals surface area contributed by atoms with Crippen molar-refractivity contribution >= 4 is 30.0 Å². The van der Waals surface area contributed by atoms with Crippen molar-refractivity contribution in [2.45, 2.75) is 64.1 Å². The zero-order valence-corrected chi connectivity index (χ0v) is 29.5. The summed E-state index contributed by atoms with van der Waals surface area (Å²) in [6, 6.07) is 18.8. The highest BCUT2D eigenvalue weighted by molar-refractivity contribution is 5.85. The molecule has 2 aliphatic rings. The van der Waals surface area contributed by atoms with E-state index in [9.17, 15) is 39.3 Å². The van der Waals surface area contributed by atoms with Crippen LogP contribution in [0.5, 0.6) is 0 Å². The standard InChI is InChI=1S/C19H28N2O5.C17H22N2O6/c1-19(2,25)9-8-16(22)17(23)20-10-12-21(13-11-20)18(24)26-14-15-6-4-3-5-7-15;1-24-15(21)11-14(20)16(22)18-7-9-19(10-8-18)17(23)25-12-13-5-3-2-4-6-13/h3-7,16,22,25H,8-14H2,1-2H3;2-6,14,20H,7-12H2,1H3/t16-;14-/m11/s1. The molecule has 2 atom stereocenters. The lowest BCUT2D eigenvalue weighted by atomic mass is 10.00. The van der Waals surface area contributed by atoms with E-state index in [1.54, 1.807) is 23.6 Å². The van der Waals surface area contributed by atoms with E-state index < -0.39 is 41.9 Å². The Kier molecular flexibility index (Phi) is 16.1.